The van der Waals surface area contributed by atoms with Gasteiger partial charge in [0.1, 0.15) is 7.14 Å². The summed E-state index contributed by atoms with van der Waals surface area (Å²) < 4.78 is 17.0. The molecule has 5 nitrogen and oxygen atoms in total. The second-order valence-electron chi connectivity index (χ2n) is 6.40. The van der Waals surface area contributed by atoms with Gasteiger partial charge in [0.2, 0.25) is 5.91 Å². The molecular formula is C17H24NO4P. The van der Waals surface area contributed by atoms with Gasteiger partial charge in [0.15, 0.2) is 0 Å². The van der Waals surface area contributed by atoms with E-state index in [1.165, 1.54) is 13.5 Å². The van der Waals surface area contributed by atoms with E-state index in [0.29, 0.717) is 11.0 Å². The summed E-state index contributed by atoms with van der Waals surface area (Å²) >= 11 is 0. The van der Waals surface area contributed by atoms with Gasteiger partial charge in [-0.05, 0) is 44.4 Å². The highest BCUT2D eigenvalue weighted by Crippen LogP contribution is 2.36. The Morgan fingerprint density at radius 3 is 2.39 bits per heavy atom. The Bertz CT molecular complexity index is 644. The molecular weight excluding hydrogens is 313 g/mol. The van der Waals surface area contributed by atoms with Crippen LogP contribution in [0.2, 0.25) is 0 Å². The lowest BCUT2D eigenvalue weighted by atomic mass is 9.88. The molecule has 1 N–H and O–H groups in total. The van der Waals surface area contributed by atoms with Crippen LogP contribution in [0.25, 0.3) is 0 Å². The molecule has 2 rings (SSSR count). The molecule has 1 aliphatic carbocycles. The van der Waals surface area contributed by atoms with Crippen molar-refractivity contribution in [1.29, 1.82) is 0 Å². The number of benzene rings is 1. The van der Waals surface area contributed by atoms with E-state index < -0.39 is 13.1 Å². The van der Waals surface area contributed by atoms with Gasteiger partial charge in [-0.3, -0.25) is 4.79 Å². The Kier molecular flexibility index (Phi) is 5.64. The fraction of sp³-hybridized carbons (Fsp3) is 0.529. The molecule has 0 heterocycles. The Labute approximate surface area is 137 Å². The van der Waals surface area contributed by atoms with Gasteiger partial charge in [0.25, 0.3) is 0 Å². The van der Waals surface area contributed by atoms with Crippen LogP contribution in [0.1, 0.15) is 42.5 Å². The number of carbonyl (C=O) groups is 2. The highest BCUT2D eigenvalue weighted by atomic mass is 31.2. The van der Waals surface area contributed by atoms with Crippen LogP contribution in [-0.2, 0) is 14.1 Å². The molecule has 1 amide bonds. The quantitative estimate of drug-likeness (QED) is 0.676. The van der Waals surface area contributed by atoms with E-state index in [-0.39, 0.29) is 17.4 Å². The van der Waals surface area contributed by atoms with E-state index in [0.717, 1.165) is 25.7 Å². The minimum atomic E-state index is -2.50. The molecule has 1 aromatic carbocycles. The summed E-state index contributed by atoms with van der Waals surface area (Å²) in [6, 6.07) is 4.90. The van der Waals surface area contributed by atoms with Crippen LogP contribution in [0.15, 0.2) is 18.2 Å². The summed E-state index contributed by atoms with van der Waals surface area (Å²) in [7, 11) is -1.21. The van der Waals surface area contributed by atoms with Crippen molar-refractivity contribution in [2.45, 2.75) is 32.1 Å². The summed E-state index contributed by atoms with van der Waals surface area (Å²) in [5.74, 6) is -0.601. The Morgan fingerprint density at radius 2 is 1.83 bits per heavy atom. The van der Waals surface area contributed by atoms with E-state index in [1.54, 1.807) is 31.5 Å². The fourth-order valence-corrected chi connectivity index (χ4v) is 3.73. The molecule has 0 aliphatic heterocycles. The number of rotatable bonds is 4. The van der Waals surface area contributed by atoms with Crippen LogP contribution in [0.4, 0.5) is 5.69 Å². The SMILES string of the molecule is COC(=O)c1cc(P(C)(C)=O)ccc1NC(=O)C1CCCCC1. The predicted octanol–water partition coefficient (Wildman–Crippen LogP) is 3.24. The average molecular weight is 337 g/mol. The molecule has 0 unspecified atom stereocenters. The predicted molar refractivity (Wildman–Crippen MR) is 92.1 cm³/mol. The van der Waals surface area contributed by atoms with Gasteiger partial charge in [-0.25, -0.2) is 4.79 Å². The topological polar surface area (TPSA) is 72.5 Å². The maximum absolute atomic E-state index is 12.4. The number of nitrogens with one attached hydrogen (secondary N) is 1. The number of methoxy groups -OCH3 is 1. The van der Waals surface area contributed by atoms with Crippen LogP contribution in [0.3, 0.4) is 0 Å². The fourth-order valence-electron chi connectivity index (χ4n) is 2.85. The lowest BCUT2D eigenvalue weighted by molar-refractivity contribution is -0.120. The summed E-state index contributed by atoms with van der Waals surface area (Å²) in [6.45, 7) is 3.29. The molecule has 1 aliphatic rings. The van der Waals surface area contributed by atoms with Crippen molar-refractivity contribution >= 4 is 30.0 Å². The van der Waals surface area contributed by atoms with Gasteiger partial charge in [0, 0.05) is 11.2 Å². The van der Waals surface area contributed by atoms with E-state index in [1.807, 2.05) is 0 Å². The zero-order chi connectivity index (χ0) is 17.0. The number of anilines is 1. The molecule has 6 heteroatoms. The molecule has 1 saturated carbocycles. The van der Waals surface area contributed by atoms with Gasteiger partial charge in [-0.15, -0.1) is 0 Å². The van der Waals surface area contributed by atoms with E-state index >= 15 is 0 Å². The normalized spacial score (nSPS) is 16.0. The van der Waals surface area contributed by atoms with Crippen LogP contribution >= 0.6 is 7.14 Å². The second kappa shape index (κ2) is 7.31. The number of hydrogen-bond donors (Lipinski definition) is 1. The van der Waals surface area contributed by atoms with E-state index in [4.69, 9.17) is 4.74 Å². The minimum absolute atomic E-state index is 0.00243. The smallest absolute Gasteiger partial charge is 0.339 e. The van der Waals surface area contributed by atoms with Crippen molar-refractivity contribution in [3.63, 3.8) is 0 Å². The largest absolute Gasteiger partial charge is 0.465 e. The van der Waals surface area contributed by atoms with Crippen LogP contribution in [-0.4, -0.2) is 32.3 Å². The Morgan fingerprint density at radius 1 is 1.17 bits per heavy atom. The van der Waals surface area contributed by atoms with Crippen molar-refractivity contribution in [2.75, 3.05) is 25.8 Å². The first-order chi connectivity index (χ1) is 10.8. The Balaban J connectivity index is 2.28. The van der Waals surface area contributed by atoms with Crippen molar-refractivity contribution in [3.05, 3.63) is 23.8 Å². The van der Waals surface area contributed by atoms with Crippen LogP contribution in [0.5, 0.6) is 0 Å². The highest BCUT2D eigenvalue weighted by Gasteiger charge is 2.24. The second-order valence-corrected chi connectivity index (χ2v) is 9.61. The summed E-state index contributed by atoms with van der Waals surface area (Å²) in [4.78, 5) is 24.4. The van der Waals surface area contributed by atoms with Gasteiger partial charge in [0.05, 0.1) is 18.4 Å². The third-order valence-electron chi connectivity index (χ3n) is 4.26. The molecule has 0 radical (unpaired) electrons. The van der Waals surface area contributed by atoms with Crippen molar-refractivity contribution in [3.8, 4) is 0 Å². The number of amides is 1. The third kappa shape index (κ3) is 4.44. The number of hydrogen-bond acceptors (Lipinski definition) is 4. The highest BCUT2D eigenvalue weighted by molar-refractivity contribution is 7.70. The standard InChI is InChI=1S/C17H24NO4P/c1-22-17(20)14-11-13(23(2,3)21)9-10-15(14)18-16(19)12-7-5-4-6-8-12/h9-12H,4-8H2,1-3H3,(H,18,19). The summed E-state index contributed by atoms with van der Waals surface area (Å²) in [6.07, 6.45) is 5.08. The summed E-state index contributed by atoms with van der Waals surface area (Å²) in [5.41, 5.74) is 0.669. The molecule has 1 aromatic rings. The monoisotopic (exact) mass is 337 g/mol. The summed E-state index contributed by atoms with van der Waals surface area (Å²) in [5, 5.41) is 3.44. The van der Waals surface area contributed by atoms with Crippen LogP contribution < -0.4 is 10.6 Å². The third-order valence-corrected chi connectivity index (χ3v) is 5.79. The van der Waals surface area contributed by atoms with Gasteiger partial charge in [-0.1, -0.05) is 19.3 Å². The van der Waals surface area contributed by atoms with Gasteiger partial charge >= 0.3 is 5.97 Å². The molecule has 23 heavy (non-hydrogen) atoms. The molecule has 0 bridgehead atoms. The van der Waals surface area contributed by atoms with Gasteiger partial charge in [-0.2, -0.15) is 0 Å². The molecule has 0 atom stereocenters. The zero-order valence-corrected chi connectivity index (χ0v) is 14.8. The first-order valence-electron chi connectivity index (χ1n) is 7.91. The molecule has 126 valence electrons. The van der Waals surface area contributed by atoms with Crippen molar-refractivity contribution in [1.82, 2.24) is 0 Å². The first kappa shape index (κ1) is 17.7. The number of esters is 1. The van der Waals surface area contributed by atoms with Crippen molar-refractivity contribution in [2.24, 2.45) is 5.92 Å². The lowest BCUT2D eigenvalue weighted by Gasteiger charge is -2.21. The van der Waals surface area contributed by atoms with Crippen LogP contribution in [0, 0.1) is 5.92 Å². The minimum Gasteiger partial charge on any atom is -0.465 e. The number of carbonyl (C=O) groups excluding carboxylic acids is 2. The van der Waals surface area contributed by atoms with Gasteiger partial charge < -0.3 is 14.6 Å². The average Bonchev–Trinajstić information content (AvgIpc) is 2.54. The first-order valence-corrected chi connectivity index (χ1v) is 10.5. The van der Waals surface area contributed by atoms with E-state index in [2.05, 4.69) is 5.32 Å². The zero-order valence-electron chi connectivity index (χ0n) is 13.9. The lowest BCUT2D eigenvalue weighted by Crippen LogP contribution is -2.26. The Hall–Kier alpha value is -1.61. The molecule has 1 fully saturated rings. The molecule has 0 saturated heterocycles. The number of ether oxygens (including phenoxy) is 1. The maximum Gasteiger partial charge on any atom is 0.339 e. The molecule has 0 aromatic heterocycles. The van der Waals surface area contributed by atoms with Crippen molar-refractivity contribution < 1.29 is 18.9 Å². The maximum atomic E-state index is 12.4. The van der Waals surface area contributed by atoms with E-state index in [9.17, 15) is 14.2 Å². The molecule has 0 spiro atoms.